The van der Waals surface area contributed by atoms with Gasteiger partial charge in [-0.3, -0.25) is 29.2 Å². The predicted molar refractivity (Wildman–Crippen MR) is 201 cm³/mol. The lowest BCUT2D eigenvalue weighted by atomic mass is 10.0. The molecule has 0 atom stereocenters. The number of rotatable bonds is 14. The average Bonchev–Trinajstić information content (AvgIpc) is 3.17. The zero-order valence-corrected chi connectivity index (χ0v) is 31.7. The van der Waals surface area contributed by atoms with E-state index in [4.69, 9.17) is 48.1 Å². The number of aliphatic carboxylic acids is 3. The molecule has 16 nitrogen and oxygen atoms in total. The molecule has 0 aliphatic heterocycles. The van der Waals surface area contributed by atoms with Crippen molar-refractivity contribution in [3.05, 3.63) is 94.8 Å². The number of carboxylic acids is 3. The van der Waals surface area contributed by atoms with Gasteiger partial charge in [-0.25, -0.2) is 14.8 Å². The van der Waals surface area contributed by atoms with E-state index in [9.17, 15) is 28.8 Å². The van der Waals surface area contributed by atoms with Crippen LogP contribution >= 0.6 is 23.2 Å². The first-order valence-electron chi connectivity index (χ1n) is 16.7. The van der Waals surface area contributed by atoms with Gasteiger partial charge in [-0.1, -0.05) is 45.0 Å². The van der Waals surface area contributed by atoms with Gasteiger partial charge >= 0.3 is 29.9 Å². The van der Waals surface area contributed by atoms with Gasteiger partial charge in [0.25, 0.3) is 0 Å². The summed E-state index contributed by atoms with van der Waals surface area (Å²) in [5.41, 5.74) is 5.22. The third kappa shape index (κ3) is 14.9. The molecule has 0 fully saturated rings. The number of aromatic nitrogens is 6. The number of aryl methyl sites for hydroxylation is 1. The molecule has 19 heteroatoms. The zero-order chi connectivity index (χ0) is 41.2. The van der Waals surface area contributed by atoms with Crippen LogP contribution in [0.4, 0.5) is 4.53 Å². The molecule has 0 amide bonds. The summed E-state index contributed by atoms with van der Waals surface area (Å²) in [4.78, 5) is 71.8. The number of halogens is 3. The minimum atomic E-state index is -1.21. The number of ether oxygens (including phenoxy) is 1. The normalized spacial score (nSPS) is 10.3. The molecule has 294 valence electrons. The molecule has 1 aromatic carbocycles. The fraction of sp³-hybridized carbons (Fsp3) is 0.243. The summed E-state index contributed by atoms with van der Waals surface area (Å²) >= 11 is 11.7. The van der Waals surface area contributed by atoms with E-state index in [-0.39, 0.29) is 36.0 Å². The van der Waals surface area contributed by atoms with E-state index < -0.39 is 37.0 Å². The van der Waals surface area contributed by atoms with Crippen molar-refractivity contribution in [1.82, 2.24) is 34.8 Å². The first-order valence-corrected chi connectivity index (χ1v) is 17.5. The fourth-order valence-corrected chi connectivity index (χ4v) is 4.81. The second-order valence-electron chi connectivity index (χ2n) is 11.3. The van der Waals surface area contributed by atoms with Crippen LogP contribution in [0.1, 0.15) is 45.0 Å². The Kier molecular flexibility index (Phi) is 17.6. The molecule has 56 heavy (non-hydrogen) atoms. The van der Waals surface area contributed by atoms with E-state index in [0.717, 1.165) is 23.2 Å². The fourth-order valence-electron chi connectivity index (χ4n) is 4.46. The van der Waals surface area contributed by atoms with Crippen molar-refractivity contribution in [3.63, 3.8) is 0 Å². The van der Waals surface area contributed by atoms with E-state index >= 15 is 0 Å². The number of carboxylic acid groups (broad SMARTS) is 3. The first kappa shape index (κ1) is 44.2. The highest BCUT2D eigenvalue weighted by molar-refractivity contribution is 6.31. The second-order valence-corrected chi connectivity index (χ2v) is 11.9. The monoisotopic (exact) mass is 811 g/mol. The van der Waals surface area contributed by atoms with Crippen LogP contribution in [0.3, 0.4) is 0 Å². The first-order chi connectivity index (χ1) is 26.7. The minimum Gasteiger partial charge on any atom is -0.481 e. The van der Waals surface area contributed by atoms with E-state index in [1.807, 2.05) is 49.4 Å². The summed E-state index contributed by atoms with van der Waals surface area (Å²) in [6.45, 7) is 4.07. The van der Waals surface area contributed by atoms with Gasteiger partial charge in [0.1, 0.15) is 12.3 Å². The van der Waals surface area contributed by atoms with Gasteiger partial charge in [-0.05, 0) is 89.3 Å². The summed E-state index contributed by atoms with van der Waals surface area (Å²) in [5.74, 6) is -3.46. The van der Waals surface area contributed by atoms with E-state index in [1.165, 1.54) is 4.90 Å². The summed E-state index contributed by atoms with van der Waals surface area (Å²) in [7, 11) is 0. The van der Waals surface area contributed by atoms with E-state index in [2.05, 4.69) is 24.9 Å². The van der Waals surface area contributed by atoms with Gasteiger partial charge in [-0.2, -0.15) is 15.0 Å². The standard InChI is InChI=1S/C31H24Cl2FN7O5.2C3H6O2/c1-2-20-5-3-7-23(35-20)25-13-19(18-9-11-22(12-10-18)45-31-39-29(32)38-30(33)40-31)14-26(37-25)24-8-4-6-21(36-24)15-41(16-27(42)43)17-28(44)46-34;2*1-2-3(4)5/h3-14H,2,15-17H2,1H3,(H,42,43);2*2H2,1H3,(H,4,5). The summed E-state index contributed by atoms with van der Waals surface area (Å²) in [5, 5.41) is 24.5. The quantitative estimate of drug-likeness (QED) is 0.103. The van der Waals surface area contributed by atoms with Crippen LogP contribution < -0.4 is 4.74 Å². The van der Waals surface area contributed by atoms with Crippen molar-refractivity contribution in [2.24, 2.45) is 0 Å². The van der Waals surface area contributed by atoms with Gasteiger partial charge in [-0.15, -0.1) is 0 Å². The number of carbonyl (C=O) groups excluding carboxylic acids is 1. The number of carbonyl (C=O) groups is 4. The summed E-state index contributed by atoms with van der Waals surface area (Å²) in [6, 6.07) is 21.7. The Labute approximate surface area is 329 Å². The molecule has 0 saturated carbocycles. The van der Waals surface area contributed by atoms with Crippen LogP contribution in [0.25, 0.3) is 33.9 Å². The zero-order valence-electron chi connectivity index (χ0n) is 30.2. The smallest absolute Gasteiger partial charge is 0.362 e. The number of hydrogen-bond acceptors (Lipinski definition) is 13. The van der Waals surface area contributed by atoms with Gasteiger partial charge < -0.3 is 20.1 Å². The Morgan fingerprint density at radius 3 is 1.64 bits per heavy atom. The molecule has 5 aromatic rings. The Bertz CT molecular complexity index is 2090. The van der Waals surface area contributed by atoms with Crippen LogP contribution in [0.15, 0.2) is 72.8 Å². The molecule has 0 spiro atoms. The van der Waals surface area contributed by atoms with Gasteiger partial charge in [0.15, 0.2) is 0 Å². The van der Waals surface area contributed by atoms with Crippen LogP contribution in [0.5, 0.6) is 11.8 Å². The van der Waals surface area contributed by atoms with Crippen LogP contribution in [-0.4, -0.2) is 87.1 Å². The number of pyridine rings is 3. The van der Waals surface area contributed by atoms with E-state index in [1.54, 1.807) is 44.2 Å². The molecule has 0 aliphatic rings. The third-order valence-corrected chi connectivity index (χ3v) is 7.41. The second kappa shape index (κ2) is 22.3. The summed E-state index contributed by atoms with van der Waals surface area (Å²) < 4.78 is 18.1. The molecule has 0 saturated heterocycles. The topological polar surface area (TPSA) is 228 Å². The lowest BCUT2D eigenvalue weighted by Gasteiger charge is -2.18. The van der Waals surface area contributed by atoms with Gasteiger partial charge in [0.2, 0.25) is 10.6 Å². The highest BCUT2D eigenvalue weighted by Gasteiger charge is 2.18. The molecular weight excluding hydrogens is 776 g/mol. The van der Waals surface area contributed by atoms with Crippen molar-refractivity contribution in [2.75, 3.05) is 13.1 Å². The molecule has 0 bridgehead atoms. The molecule has 5 rings (SSSR count). The lowest BCUT2D eigenvalue weighted by molar-refractivity contribution is -0.185. The van der Waals surface area contributed by atoms with Gasteiger partial charge in [0, 0.05) is 29.6 Å². The largest absolute Gasteiger partial charge is 0.481 e. The van der Waals surface area contributed by atoms with Crippen LogP contribution in [-0.2, 0) is 37.1 Å². The van der Waals surface area contributed by atoms with Crippen LogP contribution in [0.2, 0.25) is 10.6 Å². The molecule has 4 heterocycles. The highest BCUT2D eigenvalue weighted by atomic mass is 35.5. The Morgan fingerprint density at radius 2 is 1.16 bits per heavy atom. The number of nitrogens with zero attached hydrogens (tertiary/aromatic N) is 7. The minimum absolute atomic E-state index is 0.0532. The Morgan fingerprint density at radius 1 is 0.643 bits per heavy atom. The van der Waals surface area contributed by atoms with Crippen molar-refractivity contribution in [3.8, 4) is 45.7 Å². The molecule has 4 aromatic heterocycles. The Hall–Kier alpha value is -6.17. The maximum Gasteiger partial charge on any atom is 0.362 e. The van der Waals surface area contributed by atoms with E-state index in [0.29, 0.717) is 34.2 Å². The molecule has 3 N–H and O–H groups in total. The molecule has 0 radical (unpaired) electrons. The van der Waals surface area contributed by atoms with Gasteiger partial charge in [0.05, 0.1) is 35.0 Å². The predicted octanol–water partition coefficient (Wildman–Crippen LogP) is 7.00. The average molecular weight is 813 g/mol. The van der Waals surface area contributed by atoms with Crippen LogP contribution in [0, 0.1) is 0 Å². The maximum absolute atomic E-state index is 12.4. The third-order valence-electron chi connectivity index (χ3n) is 7.07. The maximum atomic E-state index is 12.4. The van der Waals surface area contributed by atoms with Crippen molar-refractivity contribution in [1.29, 1.82) is 0 Å². The molecular formula is C37H36Cl2FN7O9. The lowest BCUT2D eigenvalue weighted by Crippen LogP contribution is -2.34. The Balaban J connectivity index is 0.000000748. The highest BCUT2D eigenvalue weighted by Crippen LogP contribution is 2.31. The van der Waals surface area contributed by atoms with Crippen molar-refractivity contribution >= 4 is 47.1 Å². The van der Waals surface area contributed by atoms with Crippen molar-refractivity contribution in [2.45, 2.75) is 46.6 Å². The SMILES string of the molecule is CCC(=O)O.CCC(=O)O.CCc1cccc(-c2cc(-c3ccc(Oc4nc(Cl)nc(Cl)n4)cc3)cc(-c3cccc(CN(CC(=O)O)CC(=O)OF)n3)n2)n1. The number of benzene rings is 1. The number of hydrogen-bond donors (Lipinski definition) is 3. The molecule has 0 aliphatic carbocycles. The summed E-state index contributed by atoms with van der Waals surface area (Å²) in [6.07, 6.45) is 1.19. The van der Waals surface area contributed by atoms with Crippen molar-refractivity contribution < 1.29 is 48.7 Å². The molecule has 0 unspecified atom stereocenters.